The third-order valence-corrected chi connectivity index (χ3v) is 4.52. The van der Waals surface area contributed by atoms with Gasteiger partial charge < -0.3 is 19.5 Å². The fourth-order valence-electron chi connectivity index (χ4n) is 2.65. The molecule has 0 spiro atoms. The Hall–Kier alpha value is -0.870. The van der Waals surface area contributed by atoms with Gasteiger partial charge in [-0.05, 0) is 40.0 Å². The highest BCUT2D eigenvalue weighted by atomic mass is 16.4. The van der Waals surface area contributed by atoms with Gasteiger partial charge in [-0.2, -0.15) is 0 Å². The van der Waals surface area contributed by atoms with Crippen LogP contribution in [0, 0.1) is 5.92 Å². The van der Waals surface area contributed by atoms with Crippen LogP contribution in [0.25, 0.3) is 0 Å². The number of quaternary nitrogens is 1. The lowest BCUT2D eigenvalue weighted by atomic mass is 10.1. The van der Waals surface area contributed by atoms with E-state index in [0.29, 0.717) is 13.0 Å². The van der Waals surface area contributed by atoms with Gasteiger partial charge in [0.25, 0.3) is 0 Å². The monoisotopic (exact) mass is 299 g/mol. The van der Waals surface area contributed by atoms with Gasteiger partial charge in [0.2, 0.25) is 0 Å². The van der Waals surface area contributed by atoms with E-state index in [0.717, 1.165) is 43.4 Å². The average Bonchev–Trinajstić information content (AvgIpc) is 2.47. The van der Waals surface area contributed by atoms with Gasteiger partial charge in [-0.1, -0.05) is 19.1 Å². The minimum Gasteiger partial charge on any atom is -0.550 e. The smallest absolute Gasteiger partial charge is 0.105 e. The summed E-state index contributed by atoms with van der Waals surface area (Å²) in [7, 11) is 0. The number of carbonyl (C=O) groups excluding carboxylic acids is 1. The Morgan fingerprint density at radius 1 is 1.29 bits per heavy atom. The van der Waals surface area contributed by atoms with Crippen LogP contribution in [0.3, 0.4) is 0 Å². The van der Waals surface area contributed by atoms with Crippen LogP contribution in [0.15, 0.2) is 12.2 Å². The second-order valence-corrected chi connectivity index (χ2v) is 6.04. The van der Waals surface area contributed by atoms with Gasteiger partial charge in [-0.15, -0.1) is 0 Å². The fraction of sp³-hybridized carbons (Fsp3) is 0.824. The molecule has 4 nitrogen and oxygen atoms in total. The van der Waals surface area contributed by atoms with E-state index in [1.54, 1.807) is 6.92 Å². The van der Waals surface area contributed by atoms with Crippen LogP contribution in [-0.2, 0) is 4.79 Å². The standard InChI is InChI=1S/C17H33NO3/c1-5-8-9-10-11-16(19)14-18(6-2,7-3)13-12-15(4)17(20)21/h5,8,15-16,19H,6-7,9-14H2,1-4H3/b8-5+. The summed E-state index contributed by atoms with van der Waals surface area (Å²) >= 11 is 0. The zero-order valence-corrected chi connectivity index (χ0v) is 14.2. The number of carboxylic acid groups (broad SMARTS) is 1. The summed E-state index contributed by atoms with van der Waals surface area (Å²) in [5.41, 5.74) is 0. The number of aliphatic hydroxyl groups excluding tert-OH is 1. The molecule has 21 heavy (non-hydrogen) atoms. The zero-order valence-electron chi connectivity index (χ0n) is 14.2. The summed E-state index contributed by atoms with van der Waals surface area (Å²) in [6.45, 7) is 11.3. The second kappa shape index (κ2) is 10.8. The molecule has 0 radical (unpaired) electrons. The first kappa shape index (κ1) is 20.1. The van der Waals surface area contributed by atoms with Crippen molar-refractivity contribution in [1.82, 2.24) is 0 Å². The van der Waals surface area contributed by atoms with Crippen LogP contribution < -0.4 is 5.11 Å². The molecule has 0 rings (SSSR count). The maximum atomic E-state index is 10.8. The van der Waals surface area contributed by atoms with Gasteiger partial charge in [-0.3, -0.25) is 0 Å². The molecule has 0 bridgehead atoms. The van der Waals surface area contributed by atoms with E-state index in [4.69, 9.17) is 0 Å². The normalized spacial score (nSPS) is 15.3. The van der Waals surface area contributed by atoms with Crippen molar-refractivity contribution in [3.05, 3.63) is 12.2 Å². The largest absolute Gasteiger partial charge is 0.550 e. The number of hydrogen-bond acceptors (Lipinski definition) is 3. The molecule has 0 aromatic carbocycles. The number of unbranched alkanes of at least 4 members (excludes halogenated alkanes) is 1. The summed E-state index contributed by atoms with van der Waals surface area (Å²) in [4.78, 5) is 10.8. The van der Waals surface area contributed by atoms with Gasteiger partial charge in [0.1, 0.15) is 12.6 Å². The van der Waals surface area contributed by atoms with Crippen molar-refractivity contribution in [2.45, 2.75) is 59.5 Å². The van der Waals surface area contributed by atoms with E-state index < -0.39 is 11.9 Å². The number of likely N-dealkylation sites (N-methyl/N-ethyl adjacent to an activating group) is 1. The highest BCUT2D eigenvalue weighted by Crippen LogP contribution is 2.15. The summed E-state index contributed by atoms with van der Waals surface area (Å²) in [6, 6.07) is 0. The van der Waals surface area contributed by atoms with E-state index in [1.165, 1.54) is 0 Å². The average molecular weight is 299 g/mol. The molecule has 0 heterocycles. The van der Waals surface area contributed by atoms with E-state index >= 15 is 0 Å². The van der Waals surface area contributed by atoms with E-state index in [-0.39, 0.29) is 6.10 Å². The van der Waals surface area contributed by atoms with Gasteiger partial charge >= 0.3 is 0 Å². The summed E-state index contributed by atoms with van der Waals surface area (Å²) in [5.74, 6) is -1.40. The molecule has 0 amide bonds. The second-order valence-electron chi connectivity index (χ2n) is 6.04. The van der Waals surface area contributed by atoms with Crippen molar-refractivity contribution in [3.63, 3.8) is 0 Å². The molecule has 0 aliphatic carbocycles. The van der Waals surface area contributed by atoms with Crippen LogP contribution in [0.1, 0.15) is 53.4 Å². The minimum absolute atomic E-state index is 0.312. The first-order valence-electron chi connectivity index (χ1n) is 8.26. The van der Waals surface area contributed by atoms with Crippen molar-refractivity contribution in [2.75, 3.05) is 26.2 Å². The summed E-state index contributed by atoms with van der Waals surface area (Å²) in [5, 5.41) is 21.1. The number of carboxylic acids is 1. The first-order chi connectivity index (χ1) is 9.90. The molecular weight excluding hydrogens is 266 g/mol. The Morgan fingerprint density at radius 3 is 2.38 bits per heavy atom. The molecule has 0 fully saturated rings. The summed E-state index contributed by atoms with van der Waals surface area (Å²) < 4.78 is 0.780. The lowest BCUT2D eigenvalue weighted by molar-refractivity contribution is -0.928. The Labute approximate surface area is 130 Å². The molecule has 0 aromatic heterocycles. The van der Waals surface area contributed by atoms with Crippen LogP contribution in [-0.4, -0.2) is 47.8 Å². The first-order valence-corrected chi connectivity index (χ1v) is 8.26. The topological polar surface area (TPSA) is 60.4 Å². The molecule has 2 unspecified atom stereocenters. The quantitative estimate of drug-likeness (QED) is 0.339. The van der Waals surface area contributed by atoms with Crippen LogP contribution in [0.2, 0.25) is 0 Å². The maximum absolute atomic E-state index is 10.8. The summed E-state index contributed by atoms with van der Waals surface area (Å²) in [6.07, 6.45) is 7.26. The lowest BCUT2D eigenvalue weighted by Gasteiger charge is -2.39. The van der Waals surface area contributed by atoms with Gasteiger partial charge in [0.15, 0.2) is 0 Å². The Morgan fingerprint density at radius 2 is 1.90 bits per heavy atom. The molecule has 0 aromatic rings. The van der Waals surface area contributed by atoms with E-state index in [9.17, 15) is 15.0 Å². The molecule has 0 aliphatic rings. The third-order valence-electron chi connectivity index (χ3n) is 4.52. The van der Waals surface area contributed by atoms with Gasteiger partial charge in [0, 0.05) is 18.3 Å². The van der Waals surface area contributed by atoms with Gasteiger partial charge in [-0.25, -0.2) is 0 Å². The maximum Gasteiger partial charge on any atom is 0.105 e. The SMILES string of the molecule is C/C=C/CCCC(O)C[N+](CC)(CC)CCC(C)C(=O)[O-]. The zero-order chi connectivity index (χ0) is 16.3. The van der Waals surface area contributed by atoms with Crippen molar-refractivity contribution >= 4 is 5.97 Å². The number of hydrogen-bond donors (Lipinski definition) is 1. The molecule has 4 heteroatoms. The van der Waals surface area contributed by atoms with Crippen LogP contribution in [0.5, 0.6) is 0 Å². The molecule has 1 N–H and O–H groups in total. The number of rotatable bonds is 12. The van der Waals surface area contributed by atoms with Gasteiger partial charge in [0.05, 0.1) is 19.6 Å². The molecule has 0 saturated heterocycles. The van der Waals surface area contributed by atoms with Crippen LogP contribution in [0.4, 0.5) is 0 Å². The van der Waals surface area contributed by atoms with Crippen LogP contribution >= 0.6 is 0 Å². The fourth-order valence-corrected chi connectivity index (χ4v) is 2.65. The Kier molecular flexibility index (Phi) is 10.4. The predicted molar refractivity (Wildman–Crippen MR) is 84.5 cm³/mol. The van der Waals surface area contributed by atoms with Crippen molar-refractivity contribution in [2.24, 2.45) is 5.92 Å². The number of nitrogens with zero attached hydrogens (tertiary/aromatic N) is 1. The molecule has 124 valence electrons. The number of carbonyl (C=O) groups is 1. The third kappa shape index (κ3) is 8.22. The highest BCUT2D eigenvalue weighted by molar-refractivity contribution is 5.66. The van der Waals surface area contributed by atoms with Crippen molar-refractivity contribution < 1.29 is 19.5 Å². The van der Waals surface area contributed by atoms with Crippen molar-refractivity contribution in [1.29, 1.82) is 0 Å². The number of aliphatic carboxylic acids is 1. The van der Waals surface area contributed by atoms with Crippen molar-refractivity contribution in [3.8, 4) is 0 Å². The molecule has 0 aliphatic heterocycles. The predicted octanol–water partition coefficient (Wildman–Crippen LogP) is 1.73. The van der Waals surface area contributed by atoms with E-state index in [2.05, 4.69) is 19.9 Å². The minimum atomic E-state index is -0.979. The number of aliphatic hydroxyl groups is 1. The molecule has 2 atom stereocenters. The Bertz CT molecular complexity index is 311. The molecular formula is C17H33NO3. The lowest BCUT2D eigenvalue weighted by Crippen LogP contribution is -2.53. The Balaban J connectivity index is 4.39. The molecule has 0 saturated carbocycles. The highest BCUT2D eigenvalue weighted by Gasteiger charge is 2.27. The van der Waals surface area contributed by atoms with E-state index in [1.807, 2.05) is 13.0 Å². The number of allylic oxidation sites excluding steroid dienone is 2.